The molecule has 0 N–H and O–H groups in total. The van der Waals surface area contributed by atoms with E-state index in [-0.39, 0.29) is 0 Å². The highest BCUT2D eigenvalue weighted by Gasteiger charge is 2.16. The lowest BCUT2D eigenvalue weighted by Crippen LogP contribution is -2.21. The van der Waals surface area contributed by atoms with Gasteiger partial charge < -0.3 is 14.4 Å². The number of anilines is 2. The maximum Gasteiger partial charge on any atom is 0.163 e. The first-order valence-electron chi connectivity index (χ1n) is 7.96. The zero-order valence-corrected chi connectivity index (χ0v) is 13.3. The highest BCUT2D eigenvalue weighted by atomic mass is 16.6. The van der Waals surface area contributed by atoms with Crippen molar-refractivity contribution in [2.75, 3.05) is 24.7 Å². The Hall–Kier alpha value is -2.16. The van der Waals surface area contributed by atoms with Crippen LogP contribution in [0.15, 0.2) is 48.5 Å². The van der Waals surface area contributed by atoms with Crippen molar-refractivity contribution in [1.29, 1.82) is 0 Å². The summed E-state index contributed by atoms with van der Waals surface area (Å²) in [4.78, 5) is 2.35. The maximum absolute atomic E-state index is 5.72. The van der Waals surface area contributed by atoms with Crippen molar-refractivity contribution >= 4 is 11.4 Å². The molecule has 0 radical (unpaired) electrons. The molecule has 0 aliphatic carbocycles. The van der Waals surface area contributed by atoms with Crippen LogP contribution in [0.4, 0.5) is 11.4 Å². The molecular formula is C19H23NO2. The summed E-state index contributed by atoms with van der Waals surface area (Å²) in [7, 11) is 0. The van der Waals surface area contributed by atoms with E-state index in [4.69, 9.17) is 9.47 Å². The van der Waals surface area contributed by atoms with Gasteiger partial charge in [-0.1, -0.05) is 32.0 Å². The third kappa shape index (κ3) is 3.35. The Bertz CT molecular complexity index is 610. The number of fused-ring (bicyclic) bond motifs is 1. The van der Waals surface area contributed by atoms with Crippen LogP contribution in [0.1, 0.15) is 20.3 Å². The van der Waals surface area contributed by atoms with Crippen LogP contribution >= 0.6 is 0 Å². The Kier molecular flexibility index (Phi) is 4.52. The zero-order chi connectivity index (χ0) is 15.4. The molecule has 1 aliphatic heterocycles. The lowest BCUT2D eigenvalue weighted by molar-refractivity contribution is 0.171. The molecule has 116 valence electrons. The largest absolute Gasteiger partial charge is 0.486 e. The van der Waals surface area contributed by atoms with Crippen LogP contribution in [-0.2, 0) is 0 Å². The van der Waals surface area contributed by atoms with Gasteiger partial charge in [0, 0.05) is 24.0 Å². The Morgan fingerprint density at radius 1 is 0.909 bits per heavy atom. The monoisotopic (exact) mass is 297 g/mol. The highest BCUT2D eigenvalue weighted by Crippen LogP contribution is 2.36. The zero-order valence-electron chi connectivity index (χ0n) is 13.3. The average molecular weight is 297 g/mol. The molecule has 1 aliphatic rings. The number of nitrogens with zero attached hydrogens (tertiary/aromatic N) is 1. The van der Waals surface area contributed by atoms with E-state index in [0.29, 0.717) is 19.1 Å². The van der Waals surface area contributed by atoms with E-state index >= 15 is 0 Å². The van der Waals surface area contributed by atoms with E-state index in [1.54, 1.807) is 0 Å². The first kappa shape index (κ1) is 14.8. The molecule has 0 amide bonds. The lowest BCUT2D eigenvalue weighted by Gasteiger charge is -2.27. The second-order valence-corrected chi connectivity index (χ2v) is 6.00. The number of rotatable bonds is 5. The molecule has 3 heteroatoms. The molecule has 0 unspecified atom stereocenters. The number of benzene rings is 2. The van der Waals surface area contributed by atoms with Crippen molar-refractivity contribution in [2.45, 2.75) is 20.3 Å². The predicted octanol–water partition coefficient (Wildman–Crippen LogP) is 4.64. The Morgan fingerprint density at radius 2 is 1.64 bits per heavy atom. The number of ether oxygens (including phenoxy) is 2. The van der Waals surface area contributed by atoms with Crippen LogP contribution in [0.3, 0.4) is 0 Å². The first-order valence-corrected chi connectivity index (χ1v) is 7.96. The summed E-state index contributed by atoms with van der Waals surface area (Å²) in [5, 5.41) is 0. The normalized spacial score (nSPS) is 13.2. The maximum atomic E-state index is 5.72. The van der Waals surface area contributed by atoms with Crippen LogP contribution in [0.25, 0.3) is 0 Å². The second-order valence-electron chi connectivity index (χ2n) is 6.00. The SMILES string of the molecule is CC(C)CCN(c1ccccc1)c1ccc2c(c1)OCCO2. The summed E-state index contributed by atoms with van der Waals surface area (Å²) in [6.07, 6.45) is 1.14. The van der Waals surface area contributed by atoms with E-state index in [9.17, 15) is 0 Å². The van der Waals surface area contributed by atoms with Gasteiger partial charge in [0.15, 0.2) is 11.5 Å². The van der Waals surface area contributed by atoms with Gasteiger partial charge in [0.05, 0.1) is 0 Å². The van der Waals surface area contributed by atoms with E-state index in [1.165, 1.54) is 5.69 Å². The molecule has 0 bridgehead atoms. The molecule has 3 rings (SSSR count). The fourth-order valence-electron chi connectivity index (χ4n) is 2.60. The third-order valence-corrected chi connectivity index (χ3v) is 3.84. The minimum atomic E-state index is 0.619. The van der Waals surface area contributed by atoms with Crippen molar-refractivity contribution in [2.24, 2.45) is 5.92 Å². The van der Waals surface area contributed by atoms with Gasteiger partial charge in [0.25, 0.3) is 0 Å². The van der Waals surface area contributed by atoms with Gasteiger partial charge in [0.2, 0.25) is 0 Å². The number of hydrogen-bond donors (Lipinski definition) is 0. The summed E-state index contributed by atoms with van der Waals surface area (Å²) in [6.45, 7) is 6.75. The van der Waals surface area contributed by atoms with E-state index in [2.05, 4.69) is 55.1 Å². The molecule has 3 nitrogen and oxygen atoms in total. The van der Waals surface area contributed by atoms with Gasteiger partial charge in [0.1, 0.15) is 13.2 Å². The minimum Gasteiger partial charge on any atom is -0.486 e. The standard InChI is InChI=1S/C19H23NO2/c1-15(2)10-11-20(16-6-4-3-5-7-16)17-8-9-18-19(14-17)22-13-12-21-18/h3-9,14-15H,10-13H2,1-2H3. The lowest BCUT2D eigenvalue weighted by atomic mass is 10.1. The number of hydrogen-bond acceptors (Lipinski definition) is 3. The van der Waals surface area contributed by atoms with E-state index in [1.807, 2.05) is 12.1 Å². The molecule has 0 saturated heterocycles. The molecular weight excluding hydrogens is 274 g/mol. The van der Waals surface area contributed by atoms with E-state index in [0.717, 1.165) is 30.2 Å². The van der Waals surface area contributed by atoms with Crippen molar-refractivity contribution in [1.82, 2.24) is 0 Å². The Labute approximate surface area is 132 Å². The summed E-state index contributed by atoms with van der Waals surface area (Å²) in [5.74, 6) is 2.35. The first-order chi connectivity index (χ1) is 10.7. The van der Waals surface area contributed by atoms with Gasteiger partial charge in [-0.25, -0.2) is 0 Å². The fourth-order valence-corrected chi connectivity index (χ4v) is 2.60. The summed E-state index contributed by atoms with van der Waals surface area (Å²) in [5.41, 5.74) is 2.36. The third-order valence-electron chi connectivity index (χ3n) is 3.84. The van der Waals surface area contributed by atoms with Crippen molar-refractivity contribution in [3.63, 3.8) is 0 Å². The molecule has 2 aromatic rings. The molecule has 1 heterocycles. The molecule has 0 saturated carbocycles. The van der Waals surface area contributed by atoms with Crippen LogP contribution in [0.2, 0.25) is 0 Å². The van der Waals surface area contributed by atoms with Crippen LogP contribution in [-0.4, -0.2) is 19.8 Å². The molecule has 0 atom stereocenters. The topological polar surface area (TPSA) is 21.7 Å². The summed E-state index contributed by atoms with van der Waals surface area (Å²) in [6, 6.07) is 16.7. The minimum absolute atomic E-state index is 0.619. The van der Waals surface area contributed by atoms with E-state index < -0.39 is 0 Å². The summed E-state index contributed by atoms with van der Waals surface area (Å²) >= 11 is 0. The van der Waals surface area contributed by atoms with Crippen LogP contribution < -0.4 is 14.4 Å². The average Bonchev–Trinajstić information content (AvgIpc) is 2.55. The van der Waals surface area contributed by atoms with Crippen LogP contribution in [0.5, 0.6) is 11.5 Å². The van der Waals surface area contributed by atoms with Gasteiger partial charge in [-0.2, -0.15) is 0 Å². The highest BCUT2D eigenvalue weighted by molar-refractivity contribution is 5.66. The van der Waals surface area contributed by atoms with Crippen molar-refractivity contribution in [3.05, 3.63) is 48.5 Å². The Morgan fingerprint density at radius 3 is 2.36 bits per heavy atom. The van der Waals surface area contributed by atoms with Crippen molar-refractivity contribution < 1.29 is 9.47 Å². The van der Waals surface area contributed by atoms with Gasteiger partial charge in [-0.3, -0.25) is 0 Å². The molecule has 22 heavy (non-hydrogen) atoms. The van der Waals surface area contributed by atoms with Crippen LogP contribution in [0, 0.1) is 5.92 Å². The van der Waals surface area contributed by atoms with Crippen molar-refractivity contribution in [3.8, 4) is 11.5 Å². The Balaban J connectivity index is 1.91. The van der Waals surface area contributed by atoms with Gasteiger partial charge in [-0.15, -0.1) is 0 Å². The fraction of sp³-hybridized carbons (Fsp3) is 0.368. The second kappa shape index (κ2) is 6.73. The number of para-hydroxylation sites is 1. The summed E-state index contributed by atoms with van der Waals surface area (Å²) < 4.78 is 11.3. The van der Waals surface area contributed by atoms with Gasteiger partial charge in [-0.05, 0) is 36.6 Å². The molecule has 2 aromatic carbocycles. The smallest absolute Gasteiger partial charge is 0.163 e. The predicted molar refractivity (Wildman–Crippen MR) is 90.3 cm³/mol. The van der Waals surface area contributed by atoms with Gasteiger partial charge >= 0.3 is 0 Å². The molecule has 0 fully saturated rings. The molecule has 0 spiro atoms. The molecule has 0 aromatic heterocycles. The quantitative estimate of drug-likeness (QED) is 0.802.